The van der Waals surface area contributed by atoms with E-state index in [-0.39, 0.29) is 5.54 Å². The number of rotatable bonds is 3. The average Bonchev–Trinajstić information content (AvgIpc) is 2.62. The van der Waals surface area contributed by atoms with Gasteiger partial charge < -0.3 is 5.73 Å². The van der Waals surface area contributed by atoms with Crippen molar-refractivity contribution in [2.75, 3.05) is 0 Å². The van der Waals surface area contributed by atoms with Crippen LogP contribution in [0.15, 0.2) is 5.38 Å². The van der Waals surface area contributed by atoms with Gasteiger partial charge in [0.2, 0.25) is 0 Å². The quantitative estimate of drug-likeness (QED) is 0.904. The lowest BCUT2D eigenvalue weighted by atomic mass is 9.64. The summed E-state index contributed by atoms with van der Waals surface area (Å²) in [6, 6.07) is 0. The number of hydrogen-bond donors (Lipinski definition) is 1. The Bertz CT molecular complexity index is 399. The number of aryl methyl sites for hydroxylation is 1. The van der Waals surface area contributed by atoms with Crippen molar-refractivity contribution in [2.45, 2.75) is 58.9 Å². The molecule has 2 N–H and O–H groups in total. The lowest BCUT2D eigenvalue weighted by Crippen LogP contribution is -2.54. The Labute approximate surface area is 115 Å². The van der Waals surface area contributed by atoms with E-state index in [1.807, 2.05) is 0 Å². The van der Waals surface area contributed by atoms with E-state index in [0.29, 0.717) is 11.8 Å². The Morgan fingerprint density at radius 1 is 1.50 bits per heavy atom. The van der Waals surface area contributed by atoms with Gasteiger partial charge in [-0.1, -0.05) is 27.2 Å². The first-order valence-electron chi connectivity index (χ1n) is 7.10. The second-order valence-corrected chi connectivity index (χ2v) is 7.57. The van der Waals surface area contributed by atoms with Crippen molar-refractivity contribution >= 4 is 11.3 Å². The van der Waals surface area contributed by atoms with Crippen LogP contribution in [0.3, 0.4) is 0 Å². The predicted molar refractivity (Wildman–Crippen MR) is 78.8 cm³/mol. The summed E-state index contributed by atoms with van der Waals surface area (Å²) in [5.74, 6) is 2.06. The van der Waals surface area contributed by atoms with Crippen LogP contribution in [-0.4, -0.2) is 10.5 Å². The van der Waals surface area contributed by atoms with Crippen molar-refractivity contribution in [3.8, 4) is 0 Å². The summed E-state index contributed by atoms with van der Waals surface area (Å²) in [4.78, 5) is 4.61. The molecule has 1 saturated carbocycles. The molecule has 102 valence electrons. The third kappa shape index (κ3) is 2.94. The molecule has 0 spiro atoms. The third-order valence-electron chi connectivity index (χ3n) is 4.42. The Kier molecular flexibility index (Phi) is 4.12. The molecule has 1 aromatic rings. The van der Waals surface area contributed by atoms with Gasteiger partial charge in [0, 0.05) is 17.3 Å². The summed E-state index contributed by atoms with van der Waals surface area (Å²) < 4.78 is 0. The Hall–Kier alpha value is -0.410. The highest BCUT2D eigenvalue weighted by Crippen LogP contribution is 2.41. The zero-order chi connectivity index (χ0) is 13.3. The largest absolute Gasteiger partial charge is 0.324 e. The van der Waals surface area contributed by atoms with Gasteiger partial charge in [0.25, 0.3) is 0 Å². The number of thiazole rings is 1. The van der Waals surface area contributed by atoms with Crippen molar-refractivity contribution in [1.29, 1.82) is 0 Å². The summed E-state index contributed by atoms with van der Waals surface area (Å²) in [5, 5.41) is 3.33. The zero-order valence-electron chi connectivity index (χ0n) is 12.1. The number of nitrogens with two attached hydrogens (primary N) is 1. The van der Waals surface area contributed by atoms with Gasteiger partial charge in [0.15, 0.2) is 0 Å². The lowest BCUT2D eigenvalue weighted by Gasteiger charge is -2.45. The molecule has 2 nitrogen and oxygen atoms in total. The van der Waals surface area contributed by atoms with Crippen LogP contribution >= 0.6 is 11.3 Å². The summed E-state index contributed by atoms with van der Waals surface area (Å²) in [6.07, 6.45) is 4.70. The van der Waals surface area contributed by atoms with E-state index in [4.69, 9.17) is 5.73 Å². The van der Waals surface area contributed by atoms with E-state index >= 15 is 0 Å². The molecule has 3 heteroatoms. The van der Waals surface area contributed by atoms with Crippen molar-refractivity contribution < 1.29 is 0 Å². The smallest absolute Gasteiger partial charge is 0.0897 e. The molecule has 1 aromatic heterocycles. The van der Waals surface area contributed by atoms with Gasteiger partial charge >= 0.3 is 0 Å². The number of nitrogens with zero attached hydrogens (tertiary/aromatic N) is 1. The molecule has 1 heterocycles. The van der Waals surface area contributed by atoms with Gasteiger partial charge in [-0.25, -0.2) is 4.98 Å². The SMILES string of the molecule is Cc1nc(CC2(N)CC(C)CCC2C(C)C)cs1. The normalized spacial score (nSPS) is 33.0. The summed E-state index contributed by atoms with van der Waals surface area (Å²) >= 11 is 1.74. The minimum atomic E-state index is -0.0493. The van der Waals surface area contributed by atoms with Crippen LogP contribution in [-0.2, 0) is 6.42 Å². The van der Waals surface area contributed by atoms with Crippen molar-refractivity contribution in [3.63, 3.8) is 0 Å². The number of aromatic nitrogens is 1. The van der Waals surface area contributed by atoms with Gasteiger partial charge in [0.1, 0.15) is 0 Å². The molecule has 0 saturated heterocycles. The predicted octanol–water partition coefficient (Wildman–Crippen LogP) is 3.78. The molecule has 1 aliphatic rings. The molecular weight excluding hydrogens is 240 g/mol. The highest BCUT2D eigenvalue weighted by molar-refractivity contribution is 7.09. The Morgan fingerprint density at radius 2 is 2.22 bits per heavy atom. The fraction of sp³-hybridized carbons (Fsp3) is 0.800. The molecule has 0 bridgehead atoms. The standard InChI is InChI=1S/C15H26N2S/c1-10(2)14-6-5-11(3)7-15(14,16)8-13-9-18-12(4)17-13/h9-11,14H,5-8,16H2,1-4H3. The van der Waals surface area contributed by atoms with E-state index < -0.39 is 0 Å². The van der Waals surface area contributed by atoms with Gasteiger partial charge in [-0.15, -0.1) is 11.3 Å². The van der Waals surface area contributed by atoms with Crippen LogP contribution < -0.4 is 5.73 Å². The molecule has 0 radical (unpaired) electrons. The third-order valence-corrected chi connectivity index (χ3v) is 5.24. The summed E-state index contributed by atoms with van der Waals surface area (Å²) in [5.41, 5.74) is 7.95. The van der Waals surface area contributed by atoms with E-state index in [9.17, 15) is 0 Å². The zero-order valence-corrected chi connectivity index (χ0v) is 12.9. The lowest BCUT2D eigenvalue weighted by molar-refractivity contribution is 0.108. The highest BCUT2D eigenvalue weighted by Gasteiger charge is 2.41. The molecule has 2 rings (SSSR count). The summed E-state index contributed by atoms with van der Waals surface area (Å²) in [6.45, 7) is 9.04. The van der Waals surface area contributed by atoms with Crippen LogP contribution in [0.4, 0.5) is 0 Å². The first-order chi connectivity index (χ1) is 8.40. The maximum Gasteiger partial charge on any atom is 0.0897 e. The van der Waals surface area contributed by atoms with Gasteiger partial charge in [-0.3, -0.25) is 0 Å². The summed E-state index contributed by atoms with van der Waals surface area (Å²) in [7, 11) is 0. The van der Waals surface area contributed by atoms with Gasteiger partial charge in [0.05, 0.1) is 10.7 Å². The molecule has 0 aromatic carbocycles. The molecule has 3 atom stereocenters. The minimum absolute atomic E-state index is 0.0493. The van der Waals surface area contributed by atoms with Crippen LogP contribution in [0.25, 0.3) is 0 Å². The molecule has 1 fully saturated rings. The molecular formula is C15H26N2S. The second-order valence-electron chi connectivity index (χ2n) is 6.50. The first-order valence-corrected chi connectivity index (χ1v) is 7.98. The van der Waals surface area contributed by atoms with E-state index in [1.165, 1.54) is 18.5 Å². The first kappa shape index (κ1) is 14.0. The maximum absolute atomic E-state index is 6.80. The van der Waals surface area contributed by atoms with Crippen molar-refractivity contribution in [2.24, 2.45) is 23.5 Å². The average molecular weight is 266 g/mol. The van der Waals surface area contributed by atoms with Crippen LogP contribution in [0.5, 0.6) is 0 Å². The van der Waals surface area contributed by atoms with Crippen molar-refractivity contribution in [1.82, 2.24) is 4.98 Å². The van der Waals surface area contributed by atoms with Crippen LogP contribution in [0.2, 0.25) is 0 Å². The topological polar surface area (TPSA) is 38.9 Å². The van der Waals surface area contributed by atoms with Crippen molar-refractivity contribution in [3.05, 3.63) is 16.1 Å². The van der Waals surface area contributed by atoms with Crippen LogP contribution in [0, 0.1) is 24.7 Å². The van der Waals surface area contributed by atoms with E-state index in [0.717, 1.165) is 23.8 Å². The number of hydrogen-bond acceptors (Lipinski definition) is 3. The molecule has 3 unspecified atom stereocenters. The molecule has 0 amide bonds. The van der Waals surface area contributed by atoms with E-state index in [1.54, 1.807) is 11.3 Å². The molecule has 1 aliphatic carbocycles. The fourth-order valence-corrected chi connectivity index (χ4v) is 4.29. The van der Waals surface area contributed by atoms with Gasteiger partial charge in [-0.2, -0.15) is 0 Å². The fourth-order valence-electron chi connectivity index (χ4n) is 3.68. The highest BCUT2D eigenvalue weighted by atomic mass is 32.1. The monoisotopic (exact) mass is 266 g/mol. The molecule has 0 aliphatic heterocycles. The molecule has 18 heavy (non-hydrogen) atoms. The Balaban J connectivity index is 2.18. The van der Waals surface area contributed by atoms with Crippen LogP contribution in [0.1, 0.15) is 50.7 Å². The Morgan fingerprint density at radius 3 is 2.78 bits per heavy atom. The minimum Gasteiger partial charge on any atom is -0.324 e. The maximum atomic E-state index is 6.80. The second kappa shape index (κ2) is 5.30. The van der Waals surface area contributed by atoms with E-state index in [2.05, 4.69) is 38.1 Å². The van der Waals surface area contributed by atoms with Gasteiger partial charge in [-0.05, 0) is 37.5 Å².